The van der Waals surface area contributed by atoms with Gasteiger partial charge in [0.25, 0.3) is 5.91 Å². The molecule has 3 rings (SSSR count). The molecule has 24 heavy (non-hydrogen) atoms. The number of hydrogen-bond acceptors (Lipinski definition) is 4. The Labute approximate surface area is 141 Å². The van der Waals surface area contributed by atoms with E-state index in [9.17, 15) is 18.0 Å². The van der Waals surface area contributed by atoms with Crippen LogP contribution in [0.15, 0.2) is 36.7 Å². The zero-order valence-electron chi connectivity index (χ0n) is 12.7. The van der Waals surface area contributed by atoms with Crippen molar-refractivity contribution in [2.75, 3.05) is 22.4 Å². The maximum atomic E-state index is 13.4. The first-order valence-electron chi connectivity index (χ1n) is 7.18. The number of hydrogen-bond donors (Lipinski definition) is 1. The zero-order valence-corrected chi connectivity index (χ0v) is 13.5. The Morgan fingerprint density at radius 3 is 2.79 bits per heavy atom. The fraction of sp³-hybridized carbons (Fsp3) is 0.250. The molecule has 0 fully saturated rings. The monoisotopic (exact) mass is 353 g/mol. The maximum absolute atomic E-state index is 13.4. The molecule has 126 valence electrons. The number of halogens is 3. The SMILES string of the molecule is CSN(C(=O)c1cc2c(cc1C(F)(F)F)NCC2)c1cccnc1. The summed E-state index contributed by atoms with van der Waals surface area (Å²) in [6, 6.07) is 5.63. The molecule has 0 saturated carbocycles. The first kappa shape index (κ1) is 16.6. The van der Waals surface area contributed by atoms with E-state index in [2.05, 4.69) is 10.3 Å². The van der Waals surface area contributed by atoms with Crippen molar-refractivity contribution in [2.24, 2.45) is 0 Å². The molecule has 0 radical (unpaired) electrons. The summed E-state index contributed by atoms with van der Waals surface area (Å²) in [6.45, 7) is 0.569. The average Bonchev–Trinajstić information content (AvgIpc) is 3.02. The Morgan fingerprint density at radius 1 is 1.38 bits per heavy atom. The molecule has 1 N–H and O–H groups in total. The predicted octanol–water partition coefficient (Wildman–Crippen LogP) is 3.99. The van der Waals surface area contributed by atoms with Gasteiger partial charge in [-0.2, -0.15) is 13.2 Å². The number of nitrogens with one attached hydrogen (secondary N) is 1. The largest absolute Gasteiger partial charge is 0.417 e. The van der Waals surface area contributed by atoms with Crippen LogP contribution >= 0.6 is 11.9 Å². The van der Waals surface area contributed by atoms with Gasteiger partial charge in [0.2, 0.25) is 0 Å². The fourth-order valence-electron chi connectivity index (χ4n) is 2.65. The van der Waals surface area contributed by atoms with Crippen molar-refractivity contribution >= 4 is 29.2 Å². The Kier molecular flexibility index (Phi) is 4.40. The summed E-state index contributed by atoms with van der Waals surface area (Å²) in [6.07, 6.45) is 0.599. The third-order valence-electron chi connectivity index (χ3n) is 3.74. The number of rotatable bonds is 3. The van der Waals surface area contributed by atoms with Crippen LogP contribution in [0.5, 0.6) is 0 Å². The lowest BCUT2D eigenvalue weighted by Crippen LogP contribution is -2.26. The molecule has 0 unspecified atom stereocenters. The lowest BCUT2D eigenvalue weighted by molar-refractivity contribution is -0.137. The van der Waals surface area contributed by atoms with Crippen molar-refractivity contribution in [3.05, 3.63) is 53.3 Å². The second-order valence-corrected chi connectivity index (χ2v) is 5.95. The maximum Gasteiger partial charge on any atom is 0.417 e. The number of fused-ring (bicyclic) bond motifs is 1. The van der Waals surface area contributed by atoms with Gasteiger partial charge in [-0.1, -0.05) is 0 Å². The van der Waals surface area contributed by atoms with Gasteiger partial charge in [-0.25, -0.2) is 4.31 Å². The van der Waals surface area contributed by atoms with Crippen molar-refractivity contribution in [3.63, 3.8) is 0 Å². The number of carbonyl (C=O) groups is 1. The van der Waals surface area contributed by atoms with Gasteiger partial charge in [0, 0.05) is 24.7 Å². The first-order chi connectivity index (χ1) is 11.4. The molecule has 0 aliphatic carbocycles. The highest BCUT2D eigenvalue weighted by Gasteiger charge is 2.38. The predicted molar refractivity (Wildman–Crippen MR) is 88.2 cm³/mol. The van der Waals surface area contributed by atoms with Crippen molar-refractivity contribution < 1.29 is 18.0 Å². The Morgan fingerprint density at radius 2 is 2.17 bits per heavy atom. The van der Waals surface area contributed by atoms with E-state index in [4.69, 9.17) is 0 Å². The summed E-state index contributed by atoms with van der Waals surface area (Å²) in [5.74, 6) is -0.711. The summed E-state index contributed by atoms with van der Waals surface area (Å²) in [5.41, 5.74) is 0.322. The number of aromatic nitrogens is 1. The van der Waals surface area contributed by atoms with Gasteiger partial charge >= 0.3 is 6.18 Å². The van der Waals surface area contributed by atoms with Gasteiger partial charge in [-0.3, -0.25) is 9.78 Å². The van der Waals surface area contributed by atoms with Gasteiger partial charge < -0.3 is 5.32 Å². The minimum atomic E-state index is -4.61. The highest BCUT2D eigenvalue weighted by Crippen LogP contribution is 2.38. The molecule has 1 aromatic heterocycles. The number of alkyl halides is 3. The van der Waals surface area contributed by atoms with Crippen LogP contribution in [0.1, 0.15) is 21.5 Å². The van der Waals surface area contributed by atoms with Crippen LogP contribution < -0.4 is 9.62 Å². The number of pyridine rings is 1. The van der Waals surface area contributed by atoms with Crippen molar-refractivity contribution in [1.29, 1.82) is 0 Å². The topological polar surface area (TPSA) is 45.2 Å². The Hall–Kier alpha value is -2.22. The number of amides is 1. The van der Waals surface area contributed by atoms with E-state index in [1.54, 1.807) is 18.4 Å². The Balaban J connectivity index is 2.09. The van der Waals surface area contributed by atoms with E-state index in [1.165, 1.54) is 22.8 Å². The molecule has 2 heterocycles. The lowest BCUT2D eigenvalue weighted by atomic mass is 10.0. The highest BCUT2D eigenvalue weighted by molar-refractivity contribution is 8.00. The van der Waals surface area contributed by atoms with Crippen LogP contribution in [0.4, 0.5) is 24.5 Å². The fourth-order valence-corrected chi connectivity index (χ4v) is 3.23. The van der Waals surface area contributed by atoms with Crippen molar-refractivity contribution in [1.82, 2.24) is 4.98 Å². The minimum Gasteiger partial charge on any atom is -0.384 e. The molecule has 0 bridgehead atoms. The molecule has 1 aliphatic rings. The van der Waals surface area contributed by atoms with Crippen LogP contribution in [0.2, 0.25) is 0 Å². The van der Waals surface area contributed by atoms with Crippen LogP contribution in [-0.2, 0) is 12.6 Å². The quantitative estimate of drug-likeness (QED) is 0.848. The Bertz CT molecular complexity index is 765. The van der Waals surface area contributed by atoms with Gasteiger partial charge in [-0.05, 0) is 48.2 Å². The van der Waals surface area contributed by atoms with E-state index < -0.39 is 17.6 Å². The number of nitrogens with zero attached hydrogens (tertiary/aromatic N) is 2. The molecule has 1 aromatic carbocycles. The standard InChI is InChI=1S/C16H14F3N3OS/c1-24-22(11-3-2-5-20-9-11)15(23)12-7-10-4-6-21-14(10)8-13(12)16(17,18)19/h2-3,5,7-9,21H,4,6H2,1H3. The first-order valence-corrected chi connectivity index (χ1v) is 8.36. The van der Waals surface area contributed by atoms with Gasteiger partial charge in [0.05, 0.1) is 23.0 Å². The number of anilines is 2. The van der Waals surface area contributed by atoms with E-state index in [0.717, 1.165) is 23.6 Å². The molecule has 1 amide bonds. The van der Waals surface area contributed by atoms with E-state index in [1.807, 2.05) is 0 Å². The summed E-state index contributed by atoms with van der Waals surface area (Å²) in [4.78, 5) is 16.7. The molecule has 2 aromatic rings. The summed E-state index contributed by atoms with van der Waals surface area (Å²) >= 11 is 1.04. The van der Waals surface area contributed by atoms with Gasteiger partial charge in [0.1, 0.15) is 0 Å². The number of benzene rings is 1. The third-order valence-corrected chi connectivity index (χ3v) is 4.48. The molecule has 0 spiro atoms. The second-order valence-electron chi connectivity index (χ2n) is 5.22. The van der Waals surface area contributed by atoms with E-state index >= 15 is 0 Å². The van der Waals surface area contributed by atoms with Crippen molar-refractivity contribution in [3.8, 4) is 0 Å². The lowest BCUT2D eigenvalue weighted by Gasteiger charge is -2.22. The second kappa shape index (κ2) is 6.35. The molecule has 8 heteroatoms. The van der Waals surface area contributed by atoms with Gasteiger partial charge in [0.15, 0.2) is 0 Å². The van der Waals surface area contributed by atoms with Crippen LogP contribution in [-0.4, -0.2) is 23.7 Å². The third kappa shape index (κ3) is 3.06. The summed E-state index contributed by atoms with van der Waals surface area (Å²) in [7, 11) is 0. The normalized spacial score (nSPS) is 13.3. The smallest absolute Gasteiger partial charge is 0.384 e. The molecule has 4 nitrogen and oxygen atoms in total. The average molecular weight is 353 g/mol. The van der Waals surface area contributed by atoms with E-state index in [0.29, 0.717) is 24.3 Å². The number of carbonyl (C=O) groups excluding carboxylic acids is 1. The van der Waals surface area contributed by atoms with Crippen LogP contribution in [0.25, 0.3) is 0 Å². The minimum absolute atomic E-state index is 0.344. The van der Waals surface area contributed by atoms with Gasteiger partial charge in [-0.15, -0.1) is 0 Å². The summed E-state index contributed by atoms with van der Waals surface area (Å²) in [5, 5.41) is 2.91. The van der Waals surface area contributed by atoms with Crippen LogP contribution in [0.3, 0.4) is 0 Å². The zero-order chi connectivity index (χ0) is 17.3. The van der Waals surface area contributed by atoms with E-state index in [-0.39, 0.29) is 5.56 Å². The molecule has 0 saturated heterocycles. The molecular weight excluding hydrogens is 339 g/mol. The highest BCUT2D eigenvalue weighted by atomic mass is 32.2. The van der Waals surface area contributed by atoms with Crippen molar-refractivity contribution in [2.45, 2.75) is 12.6 Å². The van der Waals surface area contributed by atoms with Crippen LogP contribution in [0, 0.1) is 0 Å². The molecular formula is C16H14F3N3OS. The summed E-state index contributed by atoms with van der Waals surface area (Å²) < 4.78 is 41.5. The molecule has 0 atom stereocenters. The molecule has 1 aliphatic heterocycles.